The van der Waals surface area contributed by atoms with Crippen molar-refractivity contribution in [1.82, 2.24) is 30.0 Å². The third-order valence-corrected chi connectivity index (χ3v) is 11.1. The molecule has 3 atom stereocenters. The Bertz CT molecular complexity index is 2160. The van der Waals surface area contributed by atoms with E-state index < -0.39 is 23.5 Å². The van der Waals surface area contributed by atoms with Crippen LogP contribution in [0.3, 0.4) is 0 Å². The van der Waals surface area contributed by atoms with Gasteiger partial charge in [-0.2, -0.15) is 5.10 Å². The van der Waals surface area contributed by atoms with Crippen molar-refractivity contribution in [1.29, 1.82) is 0 Å². The highest BCUT2D eigenvalue weighted by Gasteiger charge is 2.64. The van der Waals surface area contributed by atoms with E-state index in [9.17, 15) is 24.3 Å². The van der Waals surface area contributed by atoms with Gasteiger partial charge in [0.25, 0.3) is 0 Å². The number of aromatic nitrogens is 4. The van der Waals surface area contributed by atoms with E-state index in [2.05, 4.69) is 27.3 Å². The number of hydrogen-bond acceptors (Lipinski definition) is 7. The molecule has 1 aliphatic carbocycles. The molecule has 0 radical (unpaired) electrons. The van der Waals surface area contributed by atoms with Crippen LogP contribution in [0.2, 0.25) is 0 Å². The number of nitrogens with zero attached hydrogens (tertiary/aromatic N) is 5. The van der Waals surface area contributed by atoms with Crippen molar-refractivity contribution in [3.05, 3.63) is 113 Å². The fourth-order valence-corrected chi connectivity index (χ4v) is 8.02. The number of Topliss-reactive ketones (excluding diaryl/α,β-unsaturated/α-hetero) is 1. The topological polar surface area (TPSA) is 147 Å². The molecule has 3 aromatic carbocycles. The number of carbonyl (C=O) groups is 4. The maximum absolute atomic E-state index is 14.4. The smallest absolute Gasteiger partial charge is 0.329 e. The van der Waals surface area contributed by atoms with E-state index in [-0.39, 0.29) is 48.2 Å². The minimum Gasteiger partial charge on any atom is -0.480 e. The first-order valence-corrected chi connectivity index (χ1v) is 18.1. The van der Waals surface area contributed by atoms with Crippen molar-refractivity contribution in [2.45, 2.75) is 90.4 Å². The quantitative estimate of drug-likeness (QED) is 0.144. The molecule has 5 aromatic rings. The molecular formula is C42H44N6O5. The molecule has 2 fully saturated rings. The van der Waals surface area contributed by atoms with Crippen molar-refractivity contribution < 1.29 is 24.3 Å². The first kappa shape index (κ1) is 35.7. The lowest BCUT2D eigenvalue weighted by Crippen LogP contribution is -2.60. The molecule has 53 heavy (non-hydrogen) atoms. The molecule has 11 heteroatoms. The number of ketones is 1. The Morgan fingerprint density at radius 1 is 0.887 bits per heavy atom. The van der Waals surface area contributed by atoms with Crippen LogP contribution in [0.1, 0.15) is 72.5 Å². The minimum absolute atomic E-state index is 0.151. The Morgan fingerprint density at radius 2 is 1.49 bits per heavy atom. The number of aryl methyl sites for hydroxylation is 4. The average Bonchev–Trinajstić information content (AvgIpc) is 3.49. The molecule has 2 N–H and O–H groups in total. The van der Waals surface area contributed by atoms with Crippen LogP contribution < -0.4 is 5.32 Å². The number of fused-ring (bicyclic) bond motifs is 2. The van der Waals surface area contributed by atoms with Crippen LogP contribution in [-0.2, 0) is 33.8 Å². The Kier molecular flexibility index (Phi) is 9.44. The molecule has 3 heterocycles. The maximum atomic E-state index is 14.4. The second-order valence-corrected chi connectivity index (χ2v) is 15.0. The van der Waals surface area contributed by atoms with Gasteiger partial charge in [0.2, 0.25) is 11.8 Å². The maximum Gasteiger partial charge on any atom is 0.329 e. The van der Waals surface area contributed by atoms with Gasteiger partial charge in [0.15, 0.2) is 5.78 Å². The predicted octanol–water partition coefficient (Wildman–Crippen LogP) is 5.90. The van der Waals surface area contributed by atoms with E-state index in [1.807, 2.05) is 86.6 Å². The molecule has 0 spiro atoms. The number of carboxylic acid groups (broad SMARTS) is 1. The van der Waals surface area contributed by atoms with Crippen LogP contribution in [0, 0.1) is 19.3 Å². The van der Waals surface area contributed by atoms with E-state index in [1.165, 1.54) is 6.92 Å². The highest BCUT2D eigenvalue weighted by molar-refractivity contribution is 6.07. The van der Waals surface area contributed by atoms with Crippen LogP contribution >= 0.6 is 0 Å². The number of likely N-dealkylation sites (tertiary alicyclic amines) is 1. The lowest BCUT2D eigenvalue weighted by atomic mass is 9.84. The monoisotopic (exact) mass is 712 g/mol. The van der Waals surface area contributed by atoms with Crippen molar-refractivity contribution in [2.75, 3.05) is 0 Å². The second-order valence-electron chi connectivity index (χ2n) is 15.0. The number of carboxylic acids is 1. The molecule has 2 aliphatic rings. The number of carbonyl (C=O) groups excluding carboxylic acids is 3. The normalized spacial score (nSPS) is 19.2. The van der Waals surface area contributed by atoms with Crippen molar-refractivity contribution in [3.8, 4) is 11.1 Å². The number of piperidine rings is 1. The van der Waals surface area contributed by atoms with Crippen molar-refractivity contribution in [2.24, 2.45) is 5.41 Å². The van der Waals surface area contributed by atoms with E-state index >= 15 is 0 Å². The van der Waals surface area contributed by atoms with Crippen molar-refractivity contribution in [3.63, 3.8) is 0 Å². The summed E-state index contributed by atoms with van der Waals surface area (Å²) in [6.45, 7) is 7.06. The summed E-state index contributed by atoms with van der Waals surface area (Å²) < 4.78 is 1.56. The summed E-state index contributed by atoms with van der Waals surface area (Å²) >= 11 is 0. The number of aliphatic carboxylic acids is 1. The van der Waals surface area contributed by atoms with Gasteiger partial charge in [-0.1, -0.05) is 67.6 Å². The molecule has 1 aliphatic heterocycles. The van der Waals surface area contributed by atoms with Crippen LogP contribution in [0.15, 0.2) is 85.2 Å². The number of nitrogens with one attached hydrogen (secondary N) is 1. The fourth-order valence-electron chi connectivity index (χ4n) is 8.02. The zero-order valence-corrected chi connectivity index (χ0v) is 30.5. The Hall–Kier alpha value is -5.71. The van der Waals surface area contributed by atoms with Gasteiger partial charge in [-0.15, -0.1) is 0 Å². The molecule has 0 bridgehead atoms. The van der Waals surface area contributed by atoms with Crippen LogP contribution in [-0.4, -0.2) is 70.9 Å². The Labute approximate surface area is 308 Å². The van der Waals surface area contributed by atoms with Gasteiger partial charge in [0, 0.05) is 36.3 Å². The van der Waals surface area contributed by atoms with Gasteiger partial charge in [-0.25, -0.2) is 14.8 Å². The predicted molar refractivity (Wildman–Crippen MR) is 200 cm³/mol. The summed E-state index contributed by atoms with van der Waals surface area (Å²) in [5.41, 5.74) is 3.51. The standard InChI is InChI=1S/C42H44N6O5/c1-26-19-31(32-23-43-28(3)44-24-32)20-33-37(27(2)49)46-47(38(26)33)25-36(50)48-34(21-41(4)22-35(41)48)39(51)45-42(40(52)53,17-15-29-11-7-5-8-12-29)18-16-30-13-9-6-10-14-30/h5-14,19-20,23-24,34-35H,15-18,21-22,25H2,1-4H3,(H,45,51)(H,52,53)/t34-,35?,41-/m0/s1. The fraction of sp³-hybridized carbons (Fsp3) is 0.357. The summed E-state index contributed by atoms with van der Waals surface area (Å²) in [6.07, 6.45) is 5.95. The minimum atomic E-state index is -1.56. The molecule has 1 unspecified atom stereocenters. The number of rotatable bonds is 13. The van der Waals surface area contributed by atoms with E-state index in [4.69, 9.17) is 0 Å². The van der Waals surface area contributed by atoms with Crippen molar-refractivity contribution >= 4 is 34.5 Å². The van der Waals surface area contributed by atoms with E-state index in [0.717, 1.165) is 34.2 Å². The zero-order valence-electron chi connectivity index (χ0n) is 30.5. The molecule has 2 aromatic heterocycles. The Balaban J connectivity index is 1.17. The summed E-state index contributed by atoms with van der Waals surface area (Å²) in [6, 6.07) is 22.1. The third kappa shape index (κ3) is 7.07. The first-order chi connectivity index (χ1) is 25.4. The van der Waals surface area contributed by atoms with E-state index in [0.29, 0.717) is 36.0 Å². The largest absolute Gasteiger partial charge is 0.480 e. The highest BCUT2D eigenvalue weighted by atomic mass is 16.4. The number of hydrogen-bond donors (Lipinski definition) is 2. The van der Waals surface area contributed by atoms with Crippen LogP contribution in [0.5, 0.6) is 0 Å². The summed E-state index contributed by atoms with van der Waals surface area (Å²) in [5, 5.41) is 19.0. The molecule has 7 rings (SSSR count). The van der Waals surface area contributed by atoms with Gasteiger partial charge in [0.05, 0.1) is 5.52 Å². The molecule has 2 amide bonds. The first-order valence-electron chi connectivity index (χ1n) is 18.1. The summed E-state index contributed by atoms with van der Waals surface area (Å²) in [5.74, 6) is -1.46. The SMILES string of the molecule is CC(=O)c1nn(CC(=O)N2C3C[C@]3(C)C[C@H]2C(=O)NC(CCc2ccccc2)(CCc2ccccc2)C(=O)O)c2c(C)cc(-c3cnc(C)nc3)cc12. The highest BCUT2D eigenvalue weighted by Crippen LogP contribution is 2.59. The van der Waals surface area contributed by atoms with Gasteiger partial charge in [-0.05, 0) is 92.2 Å². The Morgan fingerprint density at radius 3 is 2.06 bits per heavy atom. The van der Waals surface area contributed by atoms with E-state index in [1.54, 1.807) is 22.0 Å². The molecule has 1 saturated carbocycles. The summed E-state index contributed by atoms with van der Waals surface area (Å²) in [7, 11) is 0. The van der Waals surface area contributed by atoms with Gasteiger partial charge in [-0.3, -0.25) is 19.1 Å². The zero-order chi connectivity index (χ0) is 37.5. The van der Waals surface area contributed by atoms with Gasteiger partial charge < -0.3 is 15.3 Å². The molecule has 272 valence electrons. The number of benzene rings is 3. The summed E-state index contributed by atoms with van der Waals surface area (Å²) in [4.78, 5) is 65.0. The second kappa shape index (κ2) is 14.0. The van der Waals surface area contributed by atoms with Crippen LogP contribution in [0.4, 0.5) is 0 Å². The lowest BCUT2D eigenvalue weighted by Gasteiger charge is -2.34. The van der Waals surface area contributed by atoms with Gasteiger partial charge >= 0.3 is 5.97 Å². The lowest BCUT2D eigenvalue weighted by molar-refractivity contribution is -0.150. The average molecular weight is 713 g/mol. The van der Waals surface area contributed by atoms with Gasteiger partial charge in [0.1, 0.15) is 29.6 Å². The molecule has 1 saturated heterocycles. The molecular weight excluding hydrogens is 668 g/mol. The number of amides is 2. The van der Waals surface area contributed by atoms with Crippen LogP contribution in [0.25, 0.3) is 22.0 Å². The molecule has 11 nitrogen and oxygen atoms in total. The third-order valence-electron chi connectivity index (χ3n) is 11.1.